The molecule has 43 heavy (non-hydrogen) atoms. The second-order valence-electron chi connectivity index (χ2n) is 7.36. The predicted molar refractivity (Wildman–Crippen MR) is 150 cm³/mol. The molecule has 0 saturated heterocycles. The molecule has 2 aromatic heterocycles. The van der Waals surface area contributed by atoms with E-state index in [9.17, 15) is 28.0 Å². The van der Waals surface area contributed by atoms with Crippen molar-refractivity contribution in [1.82, 2.24) is 14.9 Å². The van der Waals surface area contributed by atoms with Gasteiger partial charge in [-0.25, -0.2) is 28.3 Å². The molecule has 2 heterocycles. The minimum absolute atomic E-state index is 0. The molecule has 2 aromatic rings. The topological polar surface area (TPSA) is 173 Å². The van der Waals surface area contributed by atoms with Crippen LogP contribution in [0.2, 0.25) is 20.6 Å². The van der Waals surface area contributed by atoms with Crippen molar-refractivity contribution in [2.75, 3.05) is 27.3 Å². The molecule has 11 nitrogen and oxygen atoms in total. The van der Waals surface area contributed by atoms with Gasteiger partial charge in [0.05, 0.1) is 29.9 Å². The first-order chi connectivity index (χ1) is 18.7. The van der Waals surface area contributed by atoms with Crippen molar-refractivity contribution in [2.24, 2.45) is 0 Å². The zero-order chi connectivity index (χ0) is 30.7. The smallest absolute Gasteiger partial charge is 0.343 e. The van der Waals surface area contributed by atoms with E-state index >= 15 is 0 Å². The molecule has 0 saturated carbocycles. The summed E-state index contributed by atoms with van der Waals surface area (Å²) < 4.78 is 36.1. The fourth-order valence-electron chi connectivity index (χ4n) is 2.60. The van der Waals surface area contributed by atoms with Gasteiger partial charge in [-0.1, -0.05) is 46.4 Å². The summed E-state index contributed by atoms with van der Waals surface area (Å²) in [7, 11) is 3.24. The molecule has 0 bridgehead atoms. The number of carbonyl (C=O) groups is 4. The summed E-state index contributed by atoms with van der Waals surface area (Å²) in [6.07, 6.45) is 1.78. The predicted octanol–water partition coefficient (Wildman–Crippen LogP) is 6.64. The average Bonchev–Trinajstić information content (AvgIpc) is 2.87. The van der Waals surface area contributed by atoms with E-state index in [2.05, 4.69) is 14.7 Å². The normalized spacial score (nSPS) is 10.5. The summed E-state index contributed by atoms with van der Waals surface area (Å²) in [5.41, 5.74) is 5.56. The molecule has 0 aliphatic carbocycles. The minimum atomic E-state index is -0.992. The summed E-state index contributed by atoms with van der Waals surface area (Å²) in [6, 6.07) is 1.59. The van der Waals surface area contributed by atoms with Gasteiger partial charge in [0, 0.05) is 85.7 Å². The van der Waals surface area contributed by atoms with E-state index in [1.165, 1.54) is 11.1 Å². The Labute approximate surface area is 316 Å². The Balaban J connectivity index is -0.000000698. The van der Waals surface area contributed by atoms with Crippen LogP contribution in [0.1, 0.15) is 34.6 Å². The fraction of sp³-hybridized carbons (Fsp3) is 0.250. The fourth-order valence-corrected chi connectivity index (χ4v) is 3.41. The number of carbonyl (C=O) groups excluding carboxylic acids is 4. The second kappa shape index (κ2) is 22.4. The van der Waals surface area contributed by atoms with Crippen LogP contribution in [0.4, 0.5) is 8.78 Å². The maximum atomic E-state index is 13.4. The molecule has 0 unspecified atom stereocenters. The number of nitrogens with two attached hydrogens (primary N) is 1. The van der Waals surface area contributed by atoms with Crippen LogP contribution in [-0.4, -0.2) is 65.7 Å². The van der Waals surface area contributed by atoms with Crippen molar-refractivity contribution in [2.45, 2.75) is 13.8 Å². The Kier molecular flexibility index (Phi) is 24.1. The quantitative estimate of drug-likeness (QED) is 0.0671. The number of aromatic nitrogens is 2. The molecule has 0 amide bonds. The molecular formula is C24H23Cl4F2N5O6Y2-2. The number of rotatable bonds is 9. The minimum Gasteiger partial charge on any atom is -0.704 e. The number of hydrogen-bond acceptors (Lipinski definition) is 9. The van der Waals surface area contributed by atoms with Crippen LogP contribution in [0, 0.1) is 11.6 Å². The van der Waals surface area contributed by atoms with Crippen LogP contribution in [0.3, 0.4) is 0 Å². The summed E-state index contributed by atoms with van der Waals surface area (Å²) in [4.78, 5) is 56.0. The summed E-state index contributed by atoms with van der Waals surface area (Å²) >= 11 is 22.3. The first-order valence-corrected chi connectivity index (χ1v) is 12.4. The van der Waals surface area contributed by atoms with Gasteiger partial charge in [-0.05, 0) is 26.0 Å². The van der Waals surface area contributed by atoms with Gasteiger partial charge in [0.2, 0.25) is 11.6 Å². The van der Waals surface area contributed by atoms with Crippen LogP contribution < -0.4 is 0 Å². The molecule has 0 spiro atoms. The van der Waals surface area contributed by atoms with Gasteiger partial charge in [0.15, 0.2) is 21.9 Å². The van der Waals surface area contributed by atoms with E-state index in [-0.39, 0.29) is 112 Å². The van der Waals surface area contributed by atoms with E-state index in [4.69, 9.17) is 56.9 Å². The van der Waals surface area contributed by atoms with Gasteiger partial charge >= 0.3 is 11.9 Å². The third-order valence-corrected chi connectivity index (χ3v) is 5.38. The van der Waals surface area contributed by atoms with Crippen molar-refractivity contribution < 1.29 is 103 Å². The molecule has 19 heteroatoms. The Hall–Kier alpha value is -1.15. The number of ether oxygens (including phenoxy) is 2. The van der Waals surface area contributed by atoms with Gasteiger partial charge < -0.3 is 26.3 Å². The number of ketones is 2. The third kappa shape index (κ3) is 13.8. The molecule has 230 valence electrons. The first kappa shape index (κ1) is 46.3. The molecule has 0 atom stereocenters. The monoisotopic (exact) mass is 833 g/mol. The Morgan fingerprint density at radius 2 is 1.14 bits per heavy atom. The van der Waals surface area contributed by atoms with Gasteiger partial charge in [0.1, 0.15) is 15.9 Å². The summed E-state index contributed by atoms with van der Waals surface area (Å²) in [5.74, 6) is -5.44. The van der Waals surface area contributed by atoms with E-state index < -0.39 is 51.0 Å². The molecule has 0 fully saturated rings. The number of nitrogens with zero attached hydrogens (tertiary/aromatic N) is 3. The zero-order valence-electron chi connectivity index (χ0n) is 23.0. The van der Waals surface area contributed by atoms with E-state index in [0.717, 1.165) is 12.1 Å². The van der Waals surface area contributed by atoms with Crippen LogP contribution in [-0.2, 0) is 84.5 Å². The molecule has 2 rings (SSSR count). The van der Waals surface area contributed by atoms with Crippen LogP contribution >= 0.6 is 46.4 Å². The molecule has 2 radical (unpaired) electrons. The first-order valence-electron chi connectivity index (χ1n) is 10.9. The van der Waals surface area contributed by atoms with Gasteiger partial charge in [-0.15, -0.1) is 0 Å². The number of pyridine rings is 2. The largest absolute Gasteiger partial charge is 0.704 e. The number of halogens is 6. The standard InChI is InChI=1S/C13H13Cl2FN2O3.C11H9Cl2FN2O3.H2N.2Y/c1-4-21-13(20)8(6-18(2)3)10(19)7-5-9(16)12(15)17-11(7)14;1-2-19-11(18)6(4-15)8(17)5-3-7(14)10(13)16-9(5)12;;;/h5-6H,4H2,1-3H3;3-4H,2H2,1H3,(H2,15,17,18);1H2;;/q;;-1;;/p-1/b8-6-;;;;. The Morgan fingerprint density at radius 1 is 0.791 bits per heavy atom. The molecule has 3 N–H and O–H groups in total. The van der Waals surface area contributed by atoms with Crippen LogP contribution in [0.25, 0.3) is 11.9 Å². The summed E-state index contributed by atoms with van der Waals surface area (Å²) in [5, 5.41) is -1.60. The number of Topliss-reactive ketones (excluding diaryl/α,β-unsaturated/α-hetero) is 2. The molecular weight excluding hydrogens is 812 g/mol. The molecule has 0 aromatic carbocycles. The van der Waals surface area contributed by atoms with E-state index in [1.54, 1.807) is 27.9 Å². The van der Waals surface area contributed by atoms with Crippen molar-refractivity contribution in [3.05, 3.63) is 90.9 Å². The maximum Gasteiger partial charge on any atom is 0.343 e. The van der Waals surface area contributed by atoms with Gasteiger partial charge in [0.25, 0.3) is 0 Å². The van der Waals surface area contributed by atoms with Crippen LogP contribution in [0.5, 0.6) is 0 Å². The second-order valence-corrected chi connectivity index (χ2v) is 8.79. The van der Waals surface area contributed by atoms with Gasteiger partial charge in [-0.2, -0.15) is 6.20 Å². The van der Waals surface area contributed by atoms with Gasteiger partial charge in [-0.3, -0.25) is 9.59 Å². The van der Waals surface area contributed by atoms with Crippen molar-refractivity contribution in [1.29, 1.82) is 0 Å². The van der Waals surface area contributed by atoms with Crippen molar-refractivity contribution >= 4 is 69.9 Å². The van der Waals surface area contributed by atoms with E-state index in [1.807, 2.05) is 0 Å². The van der Waals surface area contributed by atoms with Crippen LogP contribution in [0.15, 0.2) is 35.7 Å². The van der Waals surface area contributed by atoms with E-state index in [0.29, 0.717) is 6.20 Å². The average molecular weight is 835 g/mol. The van der Waals surface area contributed by atoms with Crippen molar-refractivity contribution in [3.8, 4) is 0 Å². The Bertz CT molecular complexity index is 1380. The Morgan fingerprint density at radius 3 is 1.47 bits per heavy atom. The molecule has 0 aliphatic rings. The third-order valence-electron chi connectivity index (χ3n) is 4.27. The molecule has 0 aliphatic heterocycles. The maximum absolute atomic E-state index is 13.4. The number of hydrogen-bond donors (Lipinski definition) is 0. The summed E-state index contributed by atoms with van der Waals surface area (Å²) in [6.45, 7) is 3.27. The number of esters is 2. The van der Waals surface area contributed by atoms with Crippen molar-refractivity contribution in [3.63, 3.8) is 0 Å². The SMILES string of the molecule is CCOC(=O)/C(=C\N(C)C)C(=O)c1cc(F)c(Cl)nc1Cl.CCOC(=O)/C(=C\[NH-])C(=O)c1cc(F)c(Cl)nc1Cl.[NH2-].[Y].[Y]. The number of nitrogens with one attached hydrogen (secondary N) is 1. The zero-order valence-corrected chi connectivity index (χ0v) is 31.7.